The van der Waals surface area contributed by atoms with Crippen LogP contribution in [-0.2, 0) is 11.3 Å². The lowest BCUT2D eigenvalue weighted by molar-refractivity contribution is 0.0600. The average Bonchev–Trinajstić information content (AvgIpc) is 3.28. The molecule has 166 valence electrons. The molecule has 1 aromatic heterocycles. The topological polar surface area (TPSA) is 82.5 Å². The summed E-state index contributed by atoms with van der Waals surface area (Å²) in [6.45, 7) is 0.517. The van der Waals surface area contributed by atoms with Crippen LogP contribution in [-0.4, -0.2) is 35.9 Å². The van der Waals surface area contributed by atoms with Gasteiger partial charge >= 0.3 is 5.97 Å². The lowest BCUT2D eigenvalue weighted by atomic mass is 10.1. The minimum atomic E-state index is -0.473. The third-order valence-corrected chi connectivity index (χ3v) is 5.08. The van der Waals surface area contributed by atoms with Crippen LogP contribution in [0.15, 0.2) is 85.1 Å². The number of benzene rings is 3. The number of nitrogens with zero attached hydrogens (tertiary/aromatic N) is 2. The monoisotopic (exact) mass is 441 g/mol. The van der Waals surface area contributed by atoms with Crippen molar-refractivity contribution in [1.82, 2.24) is 9.78 Å². The van der Waals surface area contributed by atoms with Crippen LogP contribution >= 0.6 is 0 Å². The maximum absolute atomic E-state index is 13.3. The van der Waals surface area contributed by atoms with Gasteiger partial charge in [0.2, 0.25) is 0 Å². The van der Waals surface area contributed by atoms with Crippen molar-refractivity contribution in [3.05, 3.63) is 102 Å². The summed E-state index contributed by atoms with van der Waals surface area (Å²) in [7, 11) is 2.91. The number of methoxy groups -OCH3 is 2. The van der Waals surface area contributed by atoms with E-state index >= 15 is 0 Å². The maximum Gasteiger partial charge on any atom is 0.337 e. The zero-order valence-electron chi connectivity index (χ0n) is 18.3. The summed E-state index contributed by atoms with van der Waals surface area (Å²) in [5.41, 5.74) is 3.59. The van der Waals surface area contributed by atoms with Gasteiger partial charge in [-0.15, -0.1) is 0 Å². The molecule has 0 atom stereocenters. The average molecular weight is 441 g/mol. The first-order chi connectivity index (χ1) is 16.1. The molecule has 0 aliphatic heterocycles. The third-order valence-electron chi connectivity index (χ3n) is 5.08. The van der Waals surface area contributed by atoms with Crippen molar-refractivity contribution in [2.24, 2.45) is 0 Å². The minimum absolute atomic E-state index is 0.339. The lowest BCUT2D eigenvalue weighted by Gasteiger charge is -2.08. The summed E-state index contributed by atoms with van der Waals surface area (Å²) >= 11 is 0. The smallest absolute Gasteiger partial charge is 0.337 e. The molecule has 1 N–H and O–H groups in total. The SMILES string of the molecule is COC(=O)c1cccc(NC(=O)c2cn(Cc3ccccc3)nc2-c2cccc(OC)c2)c1. The first-order valence-corrected chi connectivity index (χ1v) is 10.3. The van der Waals surface area contributed by atoms with Crippen molar-refractivity contribution in [2.45, 2.75) is 6.54 Å². The van der Waals surface area contributed by atoms with Crippen LogP contribution in [0.4, 0.5) is 5.69 Å². The van der Waals surface area contributed by atoms with Gasteiger partial charge in [0.25, 0.3) is 5.91 Å². The zero-order valence-corrected chi connectivity index (χ0v) is 18.3. The Bertz CT molecular complexity index is 1280. The zero-order chi connectivity index (χ0) is 23.2. The Morgan fingerprint density at radius 1 is 0.939 bits per heavy atom. The van der Waals surface area contributed by atoms with Crippen LogP contribution in [0.1, 0.15) is 26.3 Å². The van der Waals surface area contributed by atoms with Crippen molar-refractivity contribution in [1.29, 1.82) is 0 Å². The Kier molecular flexibility index (Phi) is 6.50. The predicted octanol–water partition coefficient (Wildman–Crippen LogP) is 4.65. The van der Waals surface area contributed by atoms with Crippen LogP contribution in [0.5, 0.6) is 5.75 Å². The van der Waals surface area contributed by atoms with E-state index in [2.05, 4.69) is 5.32 Å². The van der Waals surface area contributed by atoms with E-state index in [1.54, 1.807) is 42.3 Å². The molecule has 0 bridgehead atoms. The molecule has 1 heterocycles. The molecule has 7 nitrogen and oxygen atoms in total. The minimum Gasteiger partial charge on any atom is -0.497 e. The van der Waals surface area contributed by atoms with Crippen LogP contribution < -0.4 is 10.1 Å². The van der Waals surface area contributed by atoms with Crippen molar-refractivity contribution < 1.29 is 19.1 Å². The van der Waals surface area contributed by atoms with Crippen molar-refractivity contribution >= 4 is 17.6 Å². The van der Waals surface area contributed by atoms with Crippen LogP contribution in [0, 0.1) is 0 Å². The molecule has 4 aromatic rings. The highest BCUT2D eigenvalue weighted by Gasteiger charge is 2.19. The van der Waals surface area contributed by atoms with Gasteiger partial charge in [-0.3, -0.25) is 9.48 Å². The number of hydrogen-bond acceptors (Lipinski definition) is 5. The van der Waals surface area contributed by atoms with E-state index in [1.807, 2.05) is 54.6 Å². The number of carbonyl (C=O) groups is 2. The fourth-order valence-electron chi connectivity index (χ4n) is 3.46. The number of aromatic nitrogens is 2. The molecule has 0 saturated heterocycles. The van der Waals surface area contributed by atoms with Crippen LogP contribution in [0.2, 0.25) is 0 Å². The van der Waals surface area contributed by atoms with E-state index in [1.165, 1.54) is 7.11 Å². The number of ether oxygens (including phenoxy) is 2. The fourth-order valence-corrected chi connectivity index (χ4v) is 3.46. The first kappa shape index (κ1) is 21.8. The number of nitrogens with one attached hydrogen (secondary N) is 1. The molecular formula is C26H23N3O4. The summed E-state index contributed by atoms with van der Waals surface area (Å²) in [5, 5.41) is 7.56. The largest absolute Gasteiger partial charge is 0.497 e. The molecular weight excluding hydrogens is 418 g/mol. The molecule has 33 heavy (non-hydrogen) atoms. The summed E-state index contributed by atoms with van der Waals surface area (Å²) in [6.07, 6.45) is 1.72. The quantitative estimate of drug-likeness (QED) is 0.422. The molecule has 3 aromatic carbocycles. The van der Waals surface area contributed by atoms with Crippen LogP contribution in [0.25, 0.3) is 11.3 Å². The van der Waals surface area contributed by atoms with Crippen molar-refractivity contribution in [3.63, 3.8) is 0 Å². The van der Waals surface area contributed by atoms with Crippen molar-refractivity contribution in [3.8, 4) is 17.0 Å². The standard InChI is InChI=1S/C26H23N3O4/c1-32-22-13-7-10-19(15-22)24-23(17-29(28-24)16-18-8-4-3-5-9-18)25(30)27-21-12-6-11-20(14-21)26(31)33-2/h3-15,17H,16H2,1-2H3,(H,27,30). The number of anilines is 1. The molecule has 0 aliphatic rings. The first-order valence-electron chi connectivity index (χ1n) is 10.3. The van der Waals surface area contributed by atoms with E-state index < -0.39 is 5.97 Å². The number of esters is 1. The molecule has 1 amide bonds. The van der Waals surface area contributed by atoms with E-state index in [0.717, 1.165) is 11.1 Å². The molecule has 0 radical (unpaired) electrons. The van der Waals surface area contributed by atoms with E-state index in [0.29, 0.717) is 34.8 Å². The summed E-state index contributed by atoms with van der Waals surface area (Å²) in [5.74, 6) is -0.143. The second-order valence-corrected chi connectivity index (χ2v) is 7.33. The third kappa shape index (κ3) is 5.10. The van der Waals surface area contributed by atoms with Gasteiger partial charge in [-0.2, -0.15) is 5.10 Å². The van der Waals surface area contributed by atoms with Crippen LogP contribution in [0.3, 0.4) is 0 Å². The lowest BCUT2D eigenvalue weighted by Crippen LogP contribution is -2.13. The molecule has 0 saturated carbocycles. The number of amides is 1. The van der Waals surface area contributed by atoms with Gasteiger partial charge in [0.1, 0.15) is 11.4 Å². The van der Waals surface area contributed by atoms with E-state index in [4.69, 9.17) is 14.6 Å². The number of hydrogen-bond donors (Lipinski definition) is 1. The van der Waals surface area contributed by atoms with Crippen molar-refractivity contribution in [2.75, 3.05) is 19.5 Å². The summed E-state index contributed by atoms with van der Waals surface area (Å²) in [4.78, 5) is 25.1. The van der Waals surface area contributed by atoms with Gasteiger partial charge in [0.05, 0.1) is 31.9 Å². The van der Waals surface area contributed by atoms with Gasteiger partial charge < -0.3 is 14.8 Å². The summed E-state index contributed by atoms with van der Waals surface area (Å²) < 4.78 is 11.8. The van der Waals surface area contributed by atoms with Gasteiger partial charge in [0.15, 0.2) is 0 Å². The Morgan fingerprint density at radius 3 is 2.48 bits per heavy atom. The van der Waals surface area contributed by atoms with Gasteiger partial charge in [-0.25, -0.2) is 4.79 Å². The molecule has 4 rings (SSSR count). The number of carbonyl (C=O) groups excluding carboxylic acids is 2. The van der Waals surface area contributed by atoms with Gasteiger partial charge in [0, 0.05) is 17.4 Å². The Morgan fingerprint density at radius 2 is 1.73 bits per heavy atom. The molecule has 7 heteroatoms. The van der Waals surface area contributed by atoms with E-state index in [-0.39, 0.29) is 5.91 Å². The Hall–Kier alpha value is -4.39. The molecule has 0 aliphatic carbocycles. The highest BCUT2D eigenvalue weighted by Crippen LogP contribution is 2.27. The molecule has 0 unspecified atom stereocenters. The normalized spacial score (nSPS) is 10.5. The Labute approximate surface area is 191 Å². The predicted molar refractivity (Wildman–Crippen MR) is 125 cm³/mol. The molecule has 0 spiro atoms. The van der Waals surface area contributed by atoms with Gasteiger partial charge in [-0.05, 0) is 35.9 Å². The highest BCUT2D eigenvalue weighted by atomic mass is 16.5. The summed E-state index contributed by atoms with van der Waals surface area (Å²) in [6, 6.07) is 23.9. The van der Waals surface area contributed by atoms with Gasteiger partial charge in [-0.1, -0.05) is 48.5 Å². The second kappa shape index (κ2) is 9.82. The maximum atomic E-state index is 13.3. The van der Waals surface area contributed by atoms with E-state index in [9.17, 15) is 9.59 Å². The Balaban J connectivity index is 1.69. The number of rotatable bonds is 7. The molecule has 0 fully saturated rings. The fraction of sp³-hybridized carbons (Fsp3) is 0.115. The second-order valence-electron chi connectivity index (χ2n) is 7.33. The highest BCUT2D eigenvalue weighted by molar-refractivity contribution is 6.08.